The van der Waals surface area contributed by atoms with Crippen LogP contribution in [0.1, 0.15) is 32.4 Å². The van der Waals surface area contributed by atoms with Crippen molar-refractivity contribution in [2.24, 2.45) is 5.92 Å². The van der Waals surface area contributed by atoms with Gasteiger partial charge in [0.15, 0.2) is 5.58 Å². The van der Waals surface area contributed by atoms with Crippen LogP contribution in [0.2, 0.25) is 0 Å². The number of carbonyl (C=O) groups excluding carboxylic acids is 2. The first-order chi connectivity index (χ1) is 14.4. The van der Waals surface area contributed by atoms with Crippen molar-refractivity contribution in [3.05, 3.63) is 42.2 Å². The van der Waals surface area contributed by atoms with Crippen LogP contribution in [-0.4, -0.2) is 29.0 Å². The molecule has 2 aromatic heterocycles. The minimum absolute atomic E-state index is 0.0654. The highest BCUT2D eigenvalue weighted by atomic mass is 16.5. The van der Waals surface area contributed by atoms with Crippen LogP contribution in [0.15, 0.2) is 40.9 Å². The van der Waals surface area contributed by atoms with Crippen LogP contribution in [0.25, 0.3) is 22.6 Å². The zero-order chi connectivity index (χ0) is 23.0. The number of nitrogens with zero attached hydrogens (tertiary/aromatic N) is 2. The van der Waals surface area contributed by atoms with E-state index in [2.05, 4.69) is 20.0 Å². The summed E-state index contributed by atoms with van der Waals surface area (Å²) < 4.78 is 54.6. The van der Waals surface area contributed by atoms with E-state index in [1.54, 1.807) is 6.07 Å². The lowest BCUT2D eigenvalue weighted by molar-refractivity contribution is -0.118. The molecular weight excluding hydrogens is 322 g/mol. The molecule has 0 saturated carbocycles. The lowest BCUT2D eigenvalue weighted by Gasteiger charge is -2.06. The smallest absolute Gasteiger partial charge is 0.356 e. The standard InChI is InChI=1S/C18H17N3O4/c1-10(2)16(22)20-12-4-5-15-13(9-12)21-17(25-15)11-6-7-19-14(8-11)18(23)24-3/h4-10H,1-3H3,(H,20,22)/i1D3,2D3. The van der Waals surface area contributed by atoms with Gasteiger partial charge < -0.3 is 14.5 Å². The Hall–Kier alpha value is -3.22. The number of fused-ring (bicyclic) bond motifs is 1. The van der Waals surface area contributed by atoms with Crippen molar-refractivity contribution in [2.45, 2.75) is 13.7 Å². The molecule has 0 radical (unpaired) electrons. The zero-order valence-corrected chi connectivity index (χ0v) is 13.1. The quantitative estimate of drug-likeness (QED) is 0.729. The molecule has 0 aliphatic carbocycles. The van der Waals surface area contributed by atoms with E-state index >= 15 is 0 Å². The summed E-state index contributed by atoms with van der Waals surface area (Å²) in [4.78, 5) is 32.2. The van der Waals surface area contributed by atoms with E-state index in [0.29, 0.717) is 16.7 Å². The van der Waals surface area contributed by atoms with E-state index in [-0.39, 0.29) is 17.3 Å². The van der Waals surface area contributed by atoms with Crippen molar-refractivity contribution in [3.63, 3.8) is 0 Å². The first kappa shape index (κ1) is 10.6. The average molecular weight is 345 g/mol. The maximum absolute atomic E-state index is 12.4. The van der Waals surface area contributed by atoms with Crippen LogP contribution in [0.5, 0.6) is 0 Å². The van der Waals surface area contributed by atoms with Gasteiger partial charge in [-0.15, -0.1) is 0 Å². The van der Waals surface area contributed by atoms with Crippen LogP contribution in [0.3, 0.4) is 0 Å². The van der Waals surface area contributed by atoms with Crippen molar-refractivity contribution in [2.75, 3.05) is 12.4 Å². The number of amides is 1. The van der Waals surface area contributed by atoms with Crippen molar-refractivity contribution >= 4 is 28.7 Å². The molecule has 128 valence electrons. The van der Waals surface area contributed by atoms with Gasteiger partial charge in [0.05, 0.1) is 7.11 Å². The Labute approximate surface area is 152 Å². The summed E-state index contributed by atoms with van der Waals surface area (Å²) in [6.07, 6.45) is 1.39. The van der Waals surface area contributed by atoms with Crippen LogP contribution in [0, 0.1) is 5.92 Å². The Morgan fingerprint density at radius 3 is 2.88 bits per heavy atom. The number of carbonyl (C=O) groups is 2. The second-order valence-corrected chi connectivity index (χ2v) is 5.05. The molecule has 7 heteroatoms. The molecule has 0 atom stereocenters. The second kappa shape index (κ2) is 6.72. The number of oxazole rings is 1. The number of esters is 1. The minimum atomic E-state index is -3.00. The van der Waals surface area contributed by atoms with Gasteiger partial charge in [0.25, 0.3) is 0 Å². The Morgan fingerprint density at radius 1 is 1.28 bits per heavy atom. The highest BCUT2D eigenvalue weighted by molar-refractivity contribution is 5.94. The molecule has 25 heavy (non-hydrogen) atoms. The number of methoxy groups -OCH3 is 1. The number of ether oxygens (including phenoxy) is 1. The Kier molecular flexibility index (Phi) is 2.85. The van der Waals surface area contributed by atoms with Gasteiger partial charge in [-0.05, 0) is 30.3 Å². The maximum atomic E-state index is 12.4. The molecule has 0 spiro atoms. The summed E-state index contributed by atoms with van der Waals surface area (Å²) in [5.74, 6) is -3.79. The van der Waals surface area contributed by atoms with E-state index in [1.165, 1.54) is 37.6 Å². The maximum Gasteiger partial charge on any atom is 0.356 e. The lowest BCUT2D eigenvalue weighted by Crippen LogP contribution is -2.17. The summed E-state index contributed by atoms with van der Waals surface area (Å²) in [6, 6.07) is 7.35. The molecule has 7 nitrogen and oxygen atoms in total. The van der Waals surface area contributed by atoms with Crippen LogP contribution < -0.4 is 5.32 Å². The first-order valence-corrected chi connectivity index (χ1v) is 7.16. The number of hydrogen-bond donors (Lipinski definition) is 1. The van der Waals surface area contributed by atoms with E-state index in [1.807, 2.05) is 0 Å². The fourth-order valence-corrected chi connectivity index (χ4v) is 2.12. The van der Waals surface area contributed by atoms with Crippen molar-refractivity contribution in [1.82, 2.24) is 9.97 Å². The van der Waals surface area contributed by atoms with Crippen molar-refractivity contribution in [3.8, 4) is 11.5 Å². The summed E-state index contributed by atoms with van der Waals surface area (Å²) >= 11 is 0. The molecule has 0 bridgehead atoms. The molecule has 0 saturated heterocycles. The summed E-state index contributed by atoms with van der Waals surface area (Å²) in [6.45, 7) is -6.00. The number of anilines is 1. The van der Waals surface area contributed by atoms with Gasteiger partial charge in [-0.25, -0.2) is 14.8 Å². The number of benzene rings is 1. The molecule has 0 aliphatic heterocycles. The van der Waals surface area contributed by atoms with Gasteiger partial charge in [0, 0.05) is 31.6 Å². The molecule has 2 heterocycles. The van der Waals surface area contributed by atoms with Gasteiger partial charge in [-0.3, -0.25) is 4.79 Å². The topological polar surface area (TPSA) is 94.3 Å². The molecule has 0 fully saturated rings. The lowest BCUT2D eigenvalue weighted by atomic mass is 10.2. The van der Waals surface area contributed by atoms with E-state index in [0.717, 1.165) is 0 Å². The molecule has 1 N–H and O–H groups in total. The highest BCUT2D eigenvalue weighted by Crippen LogP contribution is 2.26. The number of hydrogen-bond acceptors (Lipinski definition) is 6. The molecule has 0 aliphatic rings. The Morgan fingerprint density at radius 2 is 2.12 bits per heavy atom. The van der Waals surface area contributed by atoms with Gasteiger partial charge in [-0.1, -0.05) is 13.7 Å². The van der Waals surface area contributed by atoms with Crippen LogP contribution in [0.4, 0.5) is 5.69 Å². The van der Waals surface area contributed by atoms with Gasteiger partial charge in [-0.2, -0.15) is 0 Å². The van der Waals surface area contributed by atoms with Gasteiger partial charge in [0.2, 0.25) is 11.8 Å². The molecule has 1 aromatic carbocycles. The number of nitrogens with one attached hydrogen (secondary N) is 1. The molecule has 1 amide bonds. The third-order valence-corrected chi connectivity index (χ3v) is 3.32. The largest absolute Gasteiger partial charge is 0.464 e. The number of aromatic nitrogens is 2. The zero-order valence-electron chi connectivity index (χ0n) is 19.1. The van der Waals surface area contributed by atoms with Gasteiger partial charge in [0.1, 0.15) is 11.2 Å². The van der Waals surface area contributed by atoms with Crippen molar-refractivity contribution < 1.29 is 27.0 Å². The first-order valence-electron chi connectivity index (χ1n) is 10.2. The minimum Gasteiger partial charge on any atom is -0.464 e. The predicted octanol–water partition coefficient (Wildman–Crippen LogP) is 3.27. The summed E-state index contributed by atoms with van der Waals surface area (Å²) in [5, 5.41) is 2.32. The van der Waals surface area contributed by atoms with Crippen LogP contribution in [-0.2, 0) is 9.53 Å². The fraction of sp³-hybridized carbons (Fsp3) is 0.222. The normalized spacial score (nSPS) is 15.4. The molecule has 3 rings (SSSR count). The van der Waals surface area contributed by atoms with Gasteiger partial charge >= 0.3 is 5.97 Å². The third kappa shape index (κ3) is 3.50. The number of rotatable bonds is 4. The van der Waals surface area contributed by atoms with Crippen LogP contribution >= 0.6 is 0 Å². The average Bonchev–Trinajstić information content (AvgIpc) is 3.08. The molecule has 0 unspecified atom stereocenters. The SMILES string of the molecule is [2H]C([2H])([2H])C(C(=O)Nc1ccc2oc(-c3ccnc(C(=O)OC)c3)nc2c1)C([2H])([2H])[2H]. The molecular formula is C18H17N3O4. The second-order valence-electron chi connectivity index (χ2n) is 5.05. The summed E-state index contributed by atoms with van der Waals surface area (Å²) in [5.41, 5.74) is 1.36. The van der Waals surface area contributed by atoms with E-state index < -0.39 is 31.5 Å². The summed E-state index contributed by atoms with van der Waals surface area (Å²) in [7, 11) is 1.23. The Balaban J connectivity index is 1.89. The van der Waals surface area contributed by atoms with E-state index in [9.17, 15) is 9.59 Å². The number of pyridine rings is 1. The van der Waals surface area contributed by atoms with Crippen molar-refractivity contribution in [1.29, 1.82) is 0 Å². The molecule has 3 aromatic rings. The Bertz CT molecular complexity index is 1130. The third-order valence-electron chi connectivity index (χ3n) is 3.32. The fourth-order valence-electron chi connectivity index (χ4n) is 2.12. The predicted molar refractivity (Wildman–Crippen MR) is 92.0 cm³/mol. The monoisotopic (exact) mass is 345 g/mol. The van der Waals surface area contributed by atoms with E-state index in [4.69, 9.17) is 12.6 Å². The highest BCUT2D eigenvalue weighted by Gasteiger charge is 2.14.